The van der Waals surface area contributed by atoms with E-state index >= 15 is 0 Å². The molecule has 1 nitrogen and oxygen atoms in total. The molecule has 1 aromatic carbocycles. The Morgan fingerprint density at radius 1 is 1.21 bits per heavy atom. The van der Waals surface area contributed by atoms with Crippen molar-refractivity contribution in [3.8, 4) is 5.75 Å². The van der Waals surface area contributed by atoms with Crippen molar-refractivity contribution in [1.29, 1.82) is 0 Å². The molecule has 0 saturated heterocycles. The van der Waals surface area contributed by atoms with Crippen molar-refractivity contribution in [2.75, 3.05) is 0 Å². The van der Waals surface area contributed by atoms with Crippen LogP contribution in [0.5, 0.6) is 5.75 Å². The summed E-state index contributed by atoms with van der Waals surface area (Å²) >= 11 is 3.40. The van der Waals surface area contributed by atoms with E-state index in [0.29, 0.717) is 5.75 Å². The molecule has 0 radical (unpaired) electrons. The fourth-order valence-electron chi connectivity index (χ4n) is 1.50. The summed E-state index contributed by atoms with van der Waals surface area (Å²) in [6.07, 6.45) is 6.10. The third kappa shape index (κ3) is 3.33. The normalized spacial score (nSPS) is 10.4. The lowest BCUT2D eigenvalue weighted by molar-refractivity contribution is 0.470. The van der Waals surface area contributed by atoms with Crippen LogP contribution in [0.2, 0.25) is 0 Å². The molecule has 0 unspecified atom stereocenters. The number of aromatic hydroxyl groups is 1. The monoisotopic (exact) mass is 256 g/mol. The number of benzene rings is 1. The van der Waals surface area contributed by atoms with Crippen LogP contribution in [0.15, 0.2) is 22.7 Å². The predicted octanol–water partition coefficient (Wildman–Crippen LogP) is 4.28. The second kappa shape index (κ2) is 6.07. The molecule has 0 aliphatic carbocycles. The zero-order chi connectivity index (χ0) is 10.4. The number of rotatable bonds is 5. The van der Waals surface area contributed by atoms with Crippen molar-refractivity contribution in [3.05, 3.63) is 28.2 Å². The van der Waals surface area contributed by atoms with E-state index in [4.69, 9.17) is 0 Å². The molecule has 0 spiro atoms. The van der Waals surface area contributed by atoms with E-state index in [0.717, 1.165) is 10.9 Å². The summed E-state index contributed by atoms with van der Waals surface area (Å²) in [6, 6.07) is 5.67. The van der Waals surface area contributed by atoms with E-state index in [9.17, 15) is 5.11 Å². The average Bonchev–Trinajstić information content (AvgIpc) is 2.19. The Bertz CT molecular complexity index is 284. The second-order valence-electron chi connectivity index (χ2n) is 3.56. The molecular weight excluding hydrogens is 240 g/mol. The molecule has 0 aliphatic rings. The van der Waals surface area contributed by atoms with Gasteiger partial charge in [-0.15, -0.1) is 0 Å². The molecule has 0 amide bonds. The summed E-state index contributed by atoms with van der Waals surface area (Å²) in [4.78, 5) is 0. The van der Waals surface area contributed by atoms with Gasteiger partial charge in [-0.25, -0.2) is 0 Å². The second-order valence-corrected chi connectivity index (χ2v) is 4.35. The summed E-state index contributed by atoms with van der Waals surface area (Å²) in [5.74, 6) is 0.345. The summed E-state index contributed by atoms with van der Waals surface area (Å²) < 4.78 is 0.858. The number of aryl methyl sites for hydroxylation is 1. The summed E-state index contributed by atoms with van der Waals surface area (Å²) in [7, 11) is 0. The van der Waals surface area contributed by atoms with Crippen LogP contribution >= 0.6 is 15.9 Å². The first-order chi connectivity index (χ1) is 6.75. The molecule has 2 heteroatoms. The maximum atomic E-state index is 9.46. The Kier molecular flexibility index (Phi) is 5.02. The number of hydrogen-bond donors (Lipinski definition) is 1. The largest absolute Gasteiger partial charge is 0.507 e. The maximum absolute atomic E-state index is 9.46. The number of halogens is 1. The lowest BCUT2D eigenvalue weighted by atomic mass is 10.1. The van der Waals surface area contributed by atoms with Crippen LogP contribution in [0.3, 0.4) is 0 Å². The molecule has 0 fully saturated rings. The van der Waals surface area contributed by atoms with Crippen LogP contribution in [0.1, 0.15) is 38.2 Å². The molecule has 1 rings (SSSR count). The Balaban J connectivity index is 2.46. The Hall–Kier alpha value is -0.500. The van der Waals surface area contributed by atoms with Gasteiger partial charge in [0.1, 0.15) is 5.75 Å². The van der Waals surface area contributed by atoms with E-state index in [-0.39, 0.29) is 0 Å². The third-order valence-corrected chi connectivity index (χ3v) is 3.27. The molecule has 0 atom stereocenters. The van der Waals surface area contributed by atoms with Gasteiger partial charge >= 0.3 is 0 Å². The van der Waals surface area contributed by atoms with Gasteiger partial charge in [-0.3, -0.25) is 0 Å². The quantitative estimate of drug-likeness (QED) is 0.780. The third-order valence-electron chi connectivity index (χ3n) is 2.36. The van der Waals surface area contributed by atoms with Crippen LogP contribution in [0.4, 0.5) is 0 Å². The van der Waals surface area contributed by atoms with Gasteiger partial charge in [0.05, 0.1) is 4.47 Å². The fraction of sp³-hybridized carbons (Fsp3) is 0.500. The molecule has 0 bridgehead atoms. The van der Waals surface area contributed by atoms with Crippen LogP contribution < -0.4 is 0 Å². The number of hydrogen-bond acceptors (Lipinski definition) is 1. The highest BCUT2D eigenvalue weighted by molar-refractivity contribution is 9.10. The standard InChI is InChI=1S/C12H17BrO/c1-2-3-4-5-7-10-8-6-9-11(14)12(10)13/h6,8-9,14H,2-5,7H2,1H3. The van der Waals surface area contributed by atoms with Gasteiger partial charge in [0, 0.05) is 0 Å². The molecule has 0 saturated carbocycles. The van der Waals surface area contributed by atoms with Gasteiger partial charge in [0.15, 0.2) is 0 Å². The predicted molar refractivity (Wildman–Crippen MR) is 63.7 cm³/mol. The van der Waals surface area contributed by atoms with Gasteiger partial charge < -0.3 is 5.11 Å². The first-order valence-corrected chi connectivity index (χ1v) is 6.01. The Morgan fingerprint density at radius 2 is 2.00 bits per heavy atom. The highest BCUT2D eigenvalue weighted by Crippen LogP contribution is 2.28. The van der Waals surface area contributed by atoms with E-state index in [1.165, 1.54) is 31.2 Å². The van der Waals surface area contributed by atoms with E-state index in [1.54, 1.807) is 6.07 Å². The number of phenols is 1. The molecule has 0 heterocycles. The maximum Gasteiger partial charge on any atom is 0.130 e. The lowest BCUT2D eigenvalue weighted by Crippen LogP contribution is -1.87. The highest BCUT2D eigenvalue weighted by Gasteiger charge is 2.03. The molecule has 1 N–H and O–H groups in total. The smallest absolute Gasteiger partial charge is 0.130 e. The van der Waals surface area contributed by atoms with Crippen LogP contribution in [0.25, 0.3) is 0 Å². The minimum absolute atomic E-state index is 0.345. The first-order valence-electron chi connectivity index (χ1n) is 5.22. The molecular formula is C12H17BrO. The number of phenolic OH excluding ortho intramolecular Hbond substituents is 1. The fourth-order valence-corrected chi connectivity index (χ4v) is 1.96. The van der Waals surface area contributed by atoms with Gasteiger partial charge in [-0.1, -0.05) is 38.3 Å². The van der Waals surface area contributed by atoms with Crippen LogP contribution in [0, 0.1) is 0 Å². The zero-order valence-electron chi connectivity index (χ0n) is 8.59. The minimum atomic E-state index is 0.345. The van der Waals surface area contributed by atoms with E-state index < -0.39 is 0 Å². The van der Waals surface area contributed by atoms with E-state index in [2.05, 4.69) is 28.9 Å². The average molecular weight is 257 g/mol. The zero-order valence-corrected chi connectivity index (χ0v) is 10.2. The highest BCUT2D eigenvalue weighted by atomic mass is 79.9. The lowest BCUT2D eigenvalue weighted by Gasteiger charge is -2.05. The molecule has 1 aromatic rings. The first kappa shape index (κ1) is 11.6. The summed E-state index contributed by atoms with van der Waals surface area (Å²) in [5.41, 5.74) is 1.21. The Labute approximate surface area is 94.3 Å². The van der Waals surface area contributed by atoms with Crippen LogP contribution in [-0.4, -0.2) is 5.11 Å². The SMILES string of the molecule is CCCCCCc1cccc(O)c1Br. The summed E-state index contributed by atoms with van der Waals surface area (Å²) in [6.45, 7) is 2.21. The molecule has 0 aliphatic heterocycles. The number of unbranched alkanes of at least 4 members (excludes halogenated alkanes) is 3. The summed E-state index contributed by atoms with van der Waals surface area (Å²) in [5, 5.41) is 9.46. The van der Waals surface area contributed by atoms with Gasteiger partial charge in [-0.2, -0.15) is 0 Å². The van der Waals surface area contributed by atoms with Crippen molar-refractivity contribution < 1.29 is 5.11 Å². The topological polar surface area (TPSA) is 20.2 Å². The minimum Gasteiger partial charge on any atom is -0.507 e. The van der Waals surface area contributed by atoms with Crippen molar-refractivity contribution in [2.45, 2.75) is 39.0 Å². The molecule has 0 aromatic heterocycles. The van der Waals surface area contributed by atoms with Gasteiger partial charge in [0.25, 0.3) is 0 Å². The van der Waals surface area contributed by atoms with Crippen molar-refractivity contribution in [2.24, 2.45) is 0 Å². The van der Waals surface area contributed by atoms with Gasteiger partial charge in [0.2, 0.25) is 0 Å². The van der Waals surface area contributed by atoms with Crippen molar-refractivity contribution in [1.82, 2.24) is 0 Å². The van der Waals surface area contributed by atoms with E-state index in [1.807, 2.05) is 6.07 Å². The van der Waals surface area contributed by atoms with Gasteiger partial charge in [-0.05, 0) is 40.4 Å². The van der Waals surface area contributed by atoms with Crippen molar-refractivity contribution >= 4 is 15.9 Å². The molecule has 78 valence electrons. The Morgan fingerprint density at radius 3 is 2.71 bits per heavy atom. The molecule has 14 heavy (non-hydrogen) atoms. The van der Waals surface area contributed by atoms with Crippen molar-refractivity contribution in [3.63, 3.8) is 0 Å². The van der Waals surface area contributed by atoms with Crippen LogP contribution in [-0.2, 0) is 6.42 Å².